The molecule has 190 valence electrons. The van der Waals surface area contributed by atoms with Crippen LogP contribution in [0, 0.1) is 0 Å². The van der Waals surface area contributed by atoms with Crippen molar-refractivity contribution in [2.75, 3.05) is 5.32 Å². The molecule has 1 aliphatic heterocycles. The number of fused-ring (bicyclic) bond motifs is 2. The second-order valence-corrected chi connectivity index (χ2v) is 10.9. The van der Waals surface area contributed by atoms with E-state index in [1.54, 1.807) is 0 Å². The Balaban J connectivity index is 1.33. The number of hydrogen-bond acceptors (Lipinski definition) is 2. The number of benzene rings is 6. The lowest BCUT2D eigenvalue weighted by Crippen LogP contribution is -1.99. The van der Waals surface area contributed by atoms with Crippen LogP contribution in [0.3, 0.4) is 0 Å². The monoisotopic (exact) mass is 529 g/mol. The molecular weight excluding hydrogens is 502 g/mol. The van der Waals surface area contributed by atoms with Crippen LogP contribution in [0.25, 0.3) is 22.3 Å². The summed E-state index contributed by atoms with van der Waals surface area (Å²) in [6.07, 6.45) is 0. The van der Waals surface area contributed by atoms with Gasteiger partial charge in [-0.3, -0.25) is 0 Å². The van der Waals surface area contributed by atoms with Crippen molar-refractivity contribution in [1.29, 1.82) is 0 Å². The summed E-state index contributed by atoms with van der Waals surface area (Å²) in [5, 5.41) is 3.58. The molecule has 6 aromatic rings. The lowest BCUT2D eigenvalue weighted by molar-refractivity contribution is 1.31. The van der Waals surface area contributed by atoms with Gasteiger partial charge in [-0.25, -0.2) is 0 Å². The lowest BCUT2D eigenvalue weighted by atomic mass is 9.85. The Kier molecular flexibility index (Phi) is 6.53. The van der Waals surface area contributed by atoms with Gasteiger partial charge >= 0.3 is 0 Å². The van der Waals surface area contributed by atoms with Gasteiger partial charge in [0.2, 0.25) is 0 Å². The van der Waals surface area contributed by atoms with Crippen molar-refractivity contribution in [1.82, 2.24) is 0 Å². The Morgan fingerprint density at radius 3 is 1.40 bits per heavy atom. The standard InChI is InChI=1S/C38H27NS/c1-4-12-28(13-5-1)37(29-14-6-2-7-15-29)38(30-16-8-3-9-17-30)31-22-20-27(21-23-31)32-24-25-34-36(26-32)40-35-19-11-10-18-33(35)39-34/h1-26,39H. The average molecular weight is 530 g/mol. The van der Waals surface area contributed by atoms with Crippen molar-refractivity contribution < 1.29 is 0 Å². The molecule has 0 unspecified atom stereocenters. The first-order valence-corrected chi connectivity index (χ1v) is 14.3. The molecule has 40 heavy (non-hydrogen) atoms. The predicted molar refractivity (Wildman–Crippen MR) is 170 cm³/mol. The fraction of sp³-hybridized carbons (Fsp3) is 0. The Labute approximate surface area is 239 Å². The molecule has 2 heteroatoms. The molecule has 0 bridgehead atoms. The number of hydrogen-bond donors (Lipinski definition) is 1. The minimum Gasteiger partial charge on any atom is -0.354 e. The van der Waals surface area contributed by atoms with Gasteiger partial charge in [0.15, 0.2) is 0 Å². The molecule has 1 nitrogen and oxygen atoms in total. The molecule has 0 amide bonds. The number of nitrogens with one attached hydrogen (secondary N) is 1. The number of rotatable bonds is 5. The topological polar surface area (TPSA) is 12.0 Å². The van der Waals surface area contributed by atoms with Gasteiger partial charge in [-0.1, -0.05) is 145 Å². The van der Waals surface area contributed by atoms with Gasteiger partial charge in [0.25, 0.3) is 0 Å². The summed E-state index contributed by atoms with van der Waals surface area (Å²) in [5.74, 6) is 0. The SMILES string of the molecule is c1ccc(C(=C(c2ccccc2)c2ccc(-c3ccc4c(c3)Sc3ccccc3N4)cc2)c2ccccc2)cc1. The maximum Gasteiger partial charge on any atom is 0.0526 e. The summed E-state index contributed by atoms with van der Waals surface area (Å²) in [4.78, 5) is 2.51. The molecule has 1 N–H and O–H groups in total. The van der Waals surface area contributed by atoms with Crippen LogP contribution in [0.4, 0.5) is 11.4 Å². The summed E-state index contributed by atoms with van der Waals surface area (Å²) in [7, 11) is 0. The van der Waals surface area contributed by atoms with Crippen LogP contribution < -0.4 is 5.32 Å². The quantitative estimate of drug-likeness (QED) is 0.223. The van der Waals surface area contributed by atoms with Crippen molar-refractivity contribution in [3.63, 3.8) is 0 Å². The zero-order chi connectivity index (χ0) is 26.7. The van der Waals surface area contributed by atoms with Crippen molar-refractivity contribution in [2.24, 2.45) is 0 Å². The molecule has 6 aromatic carbocycles. The third-order valence-electron chi connectivity index (χ3n) is 7.30. The van der Waals surface area contributed by atoms with E-state index < -0.39 is 0 Å². The lowest BCUT2D eigenvalue weighted by Gasteiger charge is -2.21. The van der Waals surface area contributed by atoms with Gasteiger partial charge in [0.1, 0.15) is 0 Å². The molecule has 1 aliphatic rings. The van der Waals surface area contributed by atoms with Crippen LogP contribution in [0.2, 0.25) is 0 Å². The van der Waals surface area contributed by atoms with Crippen molar-refractivity contribution in [3.8, 4) is 11.1 Å². The Bertz CT molecular complexity index is 1760. The predicted octanol–water partition coefficient (Wildman–Crippen LogP) is 10.6. The van der Waals surface area contributed by atoms with Gasteiger partial charge < -0.3 is 5.32 Å². The van der Waals surface area contributed by atoms with Gasteiger partial charge in [-0.2, -0.15) is 0 Å². The van der Waals surface area contributed by atoms with Gasteiger partial charge in [0.05, 0.1) is 11.4 Å². The summed E-state index contributed by atoms with van der Waals surface area (Å²) in [5.41, 5.74) is 12.0. The van der Waals surface area contributed by atoms with Crippen LogP contribution >= 0.6 is 11.8 Å². The van der Waals surface area contributed by atoms with E-state index in [0.717, 1.165) is 5.69 Å². The average Bonchev–Trinajstić information content (AvgIpc) is 3.03. The van der Waals surface area contributed by atoms with Gasteiger partial charge in [-0.05, 0) is 68.8 Å². The molecule has 0 fully saturated rings. The zero-order valence-electron chi connectivity index (χ0n) is 21.9. The van der Waals surface area contributed by atoms with Crippen LogP contribution in [-0.2, 0) is 0 Å². The van der Waals surface area contributed by atoms with E-state index in [4.69, 9.17) is 0 Å². The van der Waals surface area contributed by atoms with E-state index >= 15 is 0 Å². The number of anilines is 2. The van der Waals surface area contributed by atoms with Gasteiger partial charge in [-0.15, -0.1) is 0 Å². The van der Waals surface area contributed by atoms with Crippen molar-refractivity contribution >= 4 is 34.3 Å². The Morgan fingerprint density at radius 1 is 0.375 bits per heavy atom. The van der Waals surface area contributed by atoms with E-state index in [1.165, 1.54) is 60.0 Å². The van der Waals surface area contributed by atoms with Crippen LogP contribution in [-0.4, -0.2) is 0 Å². The zero-order valence-corrected chi connectivity index (χ0v) is 22.7. The molecule has 0 radical (unpaired) electrons. The van der Waals surface area contributed by atoms with E-state index in [-0.39, 0.29) is 0 Å². The summed E-state index contributed by atoms with van der Waals surface area (Å²) in [6, 6.07) is 56.4. The molecule has 0 spiro atoms. The first kappa shape index (κ1) is 24.3. The third-order valence-corrected chi connectivity index (χ3v) is 8.44. The highest BCUT2D eigenvalue weighted by molar-refractivity contribution is 7.99. The van der Waals surface area contributed by atoms with E-state index in [2.05, 4.69) is 163 Å². The Hall–Kier alpha value is -4.79. The minimum atomic E-state index is 1.16. The maximum atomic E-state index is 3.58. The highest BCUT2D eigenvalue weighted by atomic mass is 32.2. The van der Waals surface area contributed by atoms with Crippen LogP contribution in [0.1, 0.15) is 22.3 Å². The van der Waals surface area contributed by atoms with Crippen molar-refractivity contribution in [2.45, 2.75) is 9.79 Å². The molecule has 7 rings (SSSR count). The molecule has 0 aromatic heterocycles. The first-order chi connectivity index (χ1) is 19.8. The second kappa shape index (κ2) is 10.8. The van der Waals surface area contributed by atoms with Gasteiger partial charge in [0, 0.05) is 9.79 Å². The molecule has 0 atom stereocenters. The highest BCUT2D eigenvalue weighted by Gasteiger charge is 2.18. The van der Waals surface area contributed by atoms with E-state index in [0.29, 0.717) is 0 Å². The summed E-state index contributed by atoms with van der Waals surface area (Å²) >= 11 is 1.83. The highest BCUT2D eigenvalue weighted by Crippen LogP contribution is 2.45. The molecule has 1 heterocycles. The Morgan fingerprint density at radius 2 is 0.825 bits per heavy atom. The molecular formula is C38H27NS. The van der Waals surface area contributed by atoms with E-state index in [9.17, 15) is 0 Å². The summed E-state index contributed by atoms with van der Waals surface area (Å²) in [6.45, 7) is 0. The fourth-order valence-corrected chi connectivity index (χ4v) is 6.39. The van der Waals surface area contributed by atoms with Crippen LogP contribution in [0.15, 0.2) is 168 Å². The summed E-state index contributed by atoms with van der Waals surface area (Å²) < 4.78 is 0. The first-order valence-electron chi connectivity index (χ1n) is 13.5. The minimum absolute atomic E-state index is 1.16. The number of para-hydroxylation sites is 1. The normalized spacial score (nSPS) is 11.6. The molecule has 0 aliphatic carbocycles. The molecule has 0 saturated heterocycles. The second-order valence-electron chi connectivity index (χ2n) is 9.86. The molecule has 0 saturated carbocycles. The van der Waals surface area contributed by atoms with E-state index in [1.807, 2.05) is 11.8 Å². The third kappa shape index (κ3) is 4.75. The smallest absolute Gasteiger partial charge is 0.0526 e. The largest absolute Gasteiger partial charge is 0.354 e. The fourth-order valence-electron chi connectivity index (χ4n) is 5.37. The van der Waals surface area contributed by atoms with Crippen molar-refractivity contribution in [3.05, 3.63) is 180 Å². The van der Waals surface area contributed by atoms with Crippen LogP contribution in [0.5, 0.6) is 0 Å². The maximum absolute atomic E-state index is 3.58.